The van der Waals surface area contributed by atoms with Crippen molar-refractivity contribution in [2.45, 2.75) is 31.5 Å². The summed E-state index contributed by atoms with van der Waals surface area (Å²) in [6.07, 6.45) is -0.654. The highest BCUT2D eigenvalue weighted by atomic mass is 16.6. The number of rotatable bonds is 5. The first-order chi connectivity index (χ1) is 12.0. The standard InChI is InChI=1S/C17H24N2O6/c1-9-15(17(21)19-18-9)11(8-14(20)23-3)10-6-12(22-2)16-13(7-10)24-4-5-25-16/h6-7,9,11,15,17-19,21H,4-5,8H2,1-3H3. The second-order valence-electron chi connectivity index (χ2n) is 6.23. The molecule has 4 unspecified atom stereocenters. The van der Waals surface area contributed by atoms with Crippen molar-refractivity contribution in [3.8, 4) is 17.2 Å². The molecule has 25 heavy (non-hydrogen) atoms. The molecular formula is C17H24N2O6. The van der Waals surface area contributed by atoms with Crippen LogP contribution in [0.25, 0.3) is 0 Å². The molecule has 0 spiro atoms. The third-order valence-electron chi connectivity index (χ3n) is 4.76. The molecule has 0 amide bonds. The van der Waals surface area contributed by atoms with Crippen LogP contribution in [0.2, 0.25) is 0 Å². The first kappa shape index (κ1) is 17.8. The Hall–Kier alpha value is -2.03. The Labute approximate surface area is 146 Å². The zero-order chi connectivity index (χ0) is 18.0. The van der Waals surface area contributed by atoms with Crippen LogP contribution in [-0.2, 0) is 9.53 Å². The molecule has 0 radical (unpaired) electrons. The van der Waals surface area contributed by atoms with Gasteiger partial charge in [0, 0.05) is 17.9 Å². The fourth-order valence-corrected chi connectivity index (χ4v) is 3.50. The monoisotopic (exact) mass is 352 g/mol. The van der Waals surface area contributed by atoms with E-state index in [2.05, 4.69) is 10.9 Å². The topological polar surface area (TPSA) is 98.3 Å². The van der Waals surface area contributed by atoms with Crippen molar-refractivity contribution in [1.82, 2.24) is 10.9 Å². The van der Waals surface area contributed by atoms with Crippen molar-refractivity contribution < 1.29 is 28.8 Å². The van der Waals surface area contributed by atoms with E-state index in [1.54, 1.807) is 7.11 Å². The van der Waals surface area contributed by atoms with Gasteiger partial charge in [0.15, 0.2) is 11.5 Å². The Kier molecular flexibility index (Phi) is 5.31. The van der Waals surface area contributed by atoms with Crippen molar-refractivity contribution in [3.05, 3.63) is 17.7 Å². The van der Waals surface area contributed by atoms with Crippen LogP contribution in [0.3, 0.4) is 0 Å². The Bertz CT molecular complexity index is 611. The van der Waals surface area contributed by atoms with E-state index in [-0.39, 0.29) is 30.3 Å². The first-order valence-electron chi connectivity index (χ1n) is 8.28. The summed E-state index contributed by atoms with van der Waals surface area (Å²) in [5, 5.41) is 10.3. The summed E-state index contributed by atoms with van der Waals surface area (Å²) in [4.78, 5) is 12.0. The highest BCUT2D eigenvalue weighted by Crippen LogP contribution is 2.45. The number of carbonyl (C=O) groups is 1. The molecule has 1 aromatic carbocycles. The van der Waals surface area contributed by atoms with E-state index in [0.717, 1.165) is 5.56 Å². The highest BCUT2D eigenvalue weighted by Gasteiger charge is 2.40. The lowest BCUT2D eigenvalue weighted by Gasteiger charge is -2.29. The number of hydrogen-bond acceptors (Lipinski definition) is 8. The summed E-state index contributed by atoms with van der Waals surface area (Å²) in [5.41, 5.74) is 6.66. The number of fused-ring (bicyclic) bond motifs is 1. The average molecular weight is 352 g/mol. The quantitative estimate of drug-likeness (QED) is 0.661. The fraction of sp³-hybridized carbons (Fsp3) is 0.588. The molecule has 0 bridgehead atoms. The molecule has 1 fully saturated rings. The fourth-order valence-electron chi connectivity index (χ4n) is 3.50. The van der Waals surface area contributed by atoms with Gasteiger partial charge in [-0.05, 0) is 24.6 Å². The van der Waals surface area contributed by atoms with Gasteiger partial charge in [-0.25, -0.2) is 5.43 Å². The molecule has 3 rings (SSSR count). The Morgan fingerprint density at radius 1 is 1.32 bits per heavy atom. The van der Waals surface area contributed by atoms with E-state index < -0.39 is 6.23 Å². The number of ether oxygens (including phenoxy) is 4. The molecular weight excluding hydrogens is 328 g/mol. The summed E-state index contributed by atoms with van der Waals surface area (Å²) >= 11 is 0. The molecule has 3 N–H and O–H groups in total. The third kappa shape index (κ3) is 3.51. The maximum absolute atomic E-state index is 12.0. The van der Waals surface area contributed by atoms with E-state index in [4.69, 9.17) is 18.9 Å². The maximum Gasteiger partial charge on any atom is 0.306 e. The number of methoxy groups -OCH3 is 2. The summed E-state index contributed by atoms with van der Waals surface area (Å²) in [6.45, 7) is 2.86. The largest absolute Gasteiger partial charge is 0.493 e. The first-order valence-corrected chi connectivity index (χ1v) is 8.28. The minimum atomic E-state index is -0.788. The van der Waals surface area contributed by atoms with Gasteiger partial charge in [-0.3, -0.25) is 10.2 Å². The molecule has 8 heteroatoms. The van der Waals surface area contributed by atoms with Gasteiger partial charge in [0.2, 0.25) is 5.75 Å². The van der Waals surface area contributed by atoms with Gasteiger partial charge in [0.1, 0.15) is 19.4 Å². The average Bonchev–Trinajstić information content (AvgIpc) is 2.96. The van der Waals surface area contributed by atoms with E-state index in [1.165, 1.54) is 7.11 Å². The minimum absolute atomic E-state index is 0.0381. The van der Waals surface area contributed by atoms with Crippen molar-refractivity contribution in [1.29, 1.82) is 0 Å². The number of aliphatic hydroxyl groups excluding tert-OH is 1. The molecule has 0 saturated carbocycles. The van der Waals surface area contributed by atoms with Crippen molar-refractivity contribution >= 4 is 5.97 Å². The van der Waals surface area contributed by atoms with Gasteiger partial charge in [0.05, 0.1) is 20.6 Å². The number of hydrazine groups is 1. The normalized spacial score (nSPS) is 26.2. The number of benzene rings is 1. The van der Waals surface area contributed by atoms with Gasteiger partial charge in [0.25, 0.3) is 0 Å². The van der Waals surface area contributed by atoms with Crippen LogP contribution < -0.4 is 25.1 Å². The van der Waals surface area contributed by atoms with Gasteiger partial charge in [-0.1, -0.05) is 0 Å². The lowest BCUT2D eigenvalue weighted by molar-refractivity contribution is -0.141. The predicted molar refractivity (Wildman–Crippen MR) is 88.6 cm³/mol. The number of hydrogen-bond donors (Lipinski definition) is 3. The lowest BCUT2D eigenvalue weighted by Crippen LogP contribution is -2.33. The number of nitrogens with one attached hydrogen (secondary N) is 2. The van der Waals surface area contributed by atoms with Crippen molar-refractivity contribution in [2.24, 2.45) is 5.92 Å². The predicted octanol–water partition coefficient (Wildman–Crippen LogP) is 0.544. The number of esters is 1. The minimum Gasteiger partial charge on any atom is -0.493 e. The number of aliphatic hydroxyl groups is 1. The van der Waals surface area contributed by atoms with Crippen LogP contribution in [0.15, 0.2) is 12.1 Å². The van der Waals surface area contributed by atoms with Gasteiger partial charge in [-0.2, -0.15) is 0 Å². The van der Waals surface area contributed by atoms with Crippen molar-refractivity contribution in [3.63, 3.8) is 0 Å². The molecule has 1 aromatic rings. The summed E-state index contributed by atoms with van der Waals surface area (Å²) in [6, 6.07) is 3.64. The van der Waals surface area contributed by atoms with Crippen LogP contribution in [0.1, 0.15) is 24.8 Å². The Balaban J connectivity index is 2.01. The van der Waals surface area contributed by atoms with Crippen LogP contribution in [0, 0.1) is 5.92 Å². The number of carbonyl (C=O) groups excluding carboxylic acids is 1. The summed E-state index contributed by atoms with van der Waals surface area (Å²) in [7, 11) is 2.91. The van der Waals surface area contributed by atoms with E-state index >= 15 is 0 Å². The van der Waals surface area contributed by atoms with Crippen LogP contribution in [0.4, 0.5) is 0 Å². The molecule has 0 aliphatic carbocycles. The smallest absolute Gasteiger partial charge is 0.306 e. The van der Waals surface area contributed by atoms with Gasteiger partial charge < -0.3 is 24.1 Å². The highest BCUT2D eigenvalue weighted by molar-refractivity contribution is 5.71. The molecule has 4 atom stereocenters. The van der Waals surface area contributed by atoms with Gasteiger partial charge in [-0.15, -0.1) is 0 Å². The molecule has 138 valence electrons. The SMILES string of the molecule is COC(=O)CC(c1cc(OC)c2c(c1)OCCO2)C1C(C)NNC1O. The third-order valence-corrected chi connectivity index (χ3v) is 4.76. The molecule has 2 aliphatic heterocycles. The van der Waals surface area contributed by atoms with E-state index in [1.807, 2.05) is 19.1 Å². The zero-order valence-electron chi connectivity index (χ0n) is 14.6. The Morgan fingerprint density at radius 2 is 2.08 bits per heavy atom. The summed E-state index contributed by atoms with van der Waals surface area (Å²) < 4.78 is 21.6. The van der Waals surface area contributed by atoms with Gasteiger partial charge >= 0.3 is 5.97 Å². The Morgan fingerprint density at radius 3 is 2.72 bits per heavy atom. The molecule has 2 aliphatic rings. The van der Waals surface area contributed by atoms with Crippen LogP contribution in [0.5, 0.6) is 17.2 Å². The second-order valence-corrected chi connectivity index (χ2v) is 6.23. The molecule has 2 heterocycles. The zero-order valence-corrected chi connectivity index (χ0v) is 14.6. The molecule has 0 aromatic heterocycles. The second kappa shape index (κ2) is 7.47. The lowest BCUT2D eigenvalue weighted by atomic mass is 9.79. The van der Waals surface area contributed by atoms with Crippen LogP contribution >= 0.6 is 0 Å². The van der Waals surface area contributed by atoms with E-state index in [0.29, 0.717) is 30.5 Å². The van der Waals surface area contributed by atoms with Crippen LogP contribution in [-0.4, -0.2) is 50.8 Å². The molecule has 8 nitrogen and oxygen atoms in total. The molecule has 1 saturated heterocycles. The van der Waals surface area contributed by atoms with E-state index in [9.17, 15) is 9.90 Å². The summed E-state index contributed by atoms with van der Waals surface area (Å²) in [5.74, 6) is 0.825. The maximum atomic E-state index is 12.0. The van der Waals surface area contributed by atoms with Crippen molar-refractivity contribution in [2.75, 3.05) is 27.4 Å².